The molecule has 0 saturated heterocycles. The van der Waals surface area contributed by atoms with Gasteiger partial charge in [0, 0.05) is 38.7 Å². The predicted octanol–water partition coefficient (Wildman–Crippen LogP) is 17.4. The van der Waals surface area contributed by atoms with Crippen LogP contribution in [0.5, 0.6) is 0 Å². The van der Waals surface area contributed by atoms with E-state index in [-0.39, 0.29) is 0 Å². The molecule has 0 spiro atoms. The van der Waals surface area contributed by atoms with Gasteiger partial charge in [0.1, 0.15) is 22.3 Å². The molecule has 2 heterocycles. The monoisotopic (exact) mass is 803 g/mol. The van der Waals surface area contributed by atoms with Crippen molar-refractivity contribution in [1.82, 2.24) is 0 Å². The maximum absolute atomic E-state index is 7.15. The zero-order valence-electron chi connectivity index (χ0n) is 34.1. The molecule has 11 aromatic carbocycles. The topological polar surface area (TPSA) is 29.5 Å². The number of anilines is 3. The fourth-order valence-electron chi connectivity index (χ4n) is 9.95. The van der Waals surface area contributed by atoms with Crippen LogP contribution in [0.2, 0.25) is 0 Å². The molecule has 13 aromatic rings. The lowest BCUT2D eigenvalue weighted by atomic mass is 9.89. The van der Waals surface area contributed by atoms with Crippen molar-refractivity contribution in [1.29, 1.82) is 0 Å². The van der Waals surface area contributed by atoms with E-state index in [2.05, 4.69) is 217 Å². The molecule has 0 bridgehead atoms. The number of benzene rings is 11. The number of rotatable bonds is 6. The Hall–Kier alpha value is -8.40. The third-order valence-electron chi connectivity index (χ3n) is 12.8. The molecular formula is C60H37NO2. The molecule has 0 aliphatic carbocycles. The van der Waals surface area contributed by atoms with E-state index in [1.54, 1.807) is 0 Å². The van der Waals surface area contributed by atoms with Gasteiger partial charge in [-0.2, -0.15) is 0 Å². The van der Waals surface area contributed by atoms with Crippen molar-refractivity contribution in [2.45, 2.75) is 0 Å². The highest BCUT2D eigenvalue weighted by atomic mass is 16.3. The molecule has 3 nitrogen and oxygen atoms in total. The first kappa shape index (κ1) is 35.4. The average molecular weight is 804 g/mol. The van der Waals surface area contributed by atoms with E-state index in [0.29, 0.717) is 0 Å². The molecule has 294 valence electrons. The molecule has 63 heavy (non-hydrogen) atoms. The quantitative estimate of drug-likeness (QED) is 0.157. The minimum Gasteiger partial charge on any atom is -0.455 e. The lowest BCUT2D eigenvalue weighted by molar-refractivity contribution is 0.670. The van der Waals surface area contributed by atoms with E-state index >= 15 is 0 Å². The Morgan fingerprint density at radius 1 is 0.302 bits per heavy atom. The maximum Gasteiger partial charge on any atom is 0.143 e. The number of hydrogen-bond donors (Lipinski definition) is 0. The van der Waals surface area contributed by atoms with E-state index in [0.717, 1.165) is 94.0 Å². The highest BCUT2D eigenvalue weighted by Gasteiger charge is 2.24. The van der Waals surface area contributed by atoms with Gasteiger partial charge >= 0.3 is 0 Å². The second-order valence-electron chi connectivity index (χ2n) is 16.4. The number of nitrogens with zero attached hydrogens (tertiary/aromatic N) is 1. The molecule has 0 atom stereocenters. The van der Waals surface area contributed by atoms with E-state index < -0.39 is 0 Å². The van der Waals surface area contributed by atoms with Crippen LogP contribution in [0.1, 0.15) is 0 Å². The van der Waals surface area contributed by atoms with Gasteiger partial charge in [-0.15, -0.1) is 0 Å². The molecule has 13 rings (SSSR count). The Morgan fingerprint density at radius 2 is 0.857 bits per heavy atom. The summed E-state index contributed by atoms with van der Waals surface area (Å²) >= 11 is 0. The Bertz CT molecular complexity index is 3900. The summed E-state index contributed by atoms with van der Waals surface area (Å²) in [4.78, 5) is 2.37. The molecule has 0 fully saturated rings. The predicted molar refractivity (Wildman–Crippen MR) is 265 cm³/mol. The zero-order chi connectivity index (χ0) is 41.4. The molecule has 0 unspecified atom stereocenters. The highest BCUT2D eigenvalue weighted by molar-refractivity contribution is 6.25. The molecule has 0 radical (unpaired) electrons. The summed E-state index contributed by atoms with van der Waals surface area (Å²) in [6.45, 7) is 0. The third-order valence-corrected chi connectivity index (χ3v) is 12.8. The van der Waals surface area contributed by atoms with Crippen molar-refractivity contribution in [3.63, 3.8) is 0 Å². The number of para-hydroxylation sites is 2. The summed E-state index contributed by atoms with van der Waals surface area (Å²) in [7, 11) is 0. The van der Waals surface area contributed by atoms with Crippen molar-refractivity contribution in [2.24, 2.45) is 0 Å². The largest absolute Gasteiger partial charge is 0.455 e. The molecule has 0 N–H and O–H groups in total. The molecule has 3 heteroatoms. The summed E-state index contributed by atoms with van der Waals surface area (Å²) in [5, 5.41) is 11.6. The average Bonchev–Trinajstić information content (AvgIpc) is 3.93. The first-order valence-electron chi connectivity index (χ1n) is 21.5. The van der Waals surface area contributed by atoms with E-state index in [4.69, 9.17) is 8.83 Å². The van der Waals surface area contributed by atoms with Crippen molar-refractivity contribution < 1.29 is 8.83 Å². The van der Waals surface area contributed by atoms with E-state index in [9.17, 15) is 0 Å². The lowest BCUT2D eigenvalue weighted by Gasteiger charge is -2.26. The number of furan rings is 2. The molecule has 0 aliphatic rings. The summed E-state index contributed by atoms with van der Waals surface area (Å²) < 4.78 is 13.6. The van der Waals surface area contributed by atoms with Gasteiger partial charge in [0.05, 0.1) is 11.1 Å². The second kappa shape index (κ2) is 14.1. The van der Waals surface area contributed by atoms with Crippen molar-refractivity contribution in [3.05, 3.63) is 224 Å². The zero-order valence-corrected chi connectivity index (χ0v) is 34.1. The summed E-state index contributed by atoms with van der Waals surface area (Å²) in [5.74, 6) is 0. The molecule has 0 aliphatic heterocycles. The van der Waals surface area contributed by atoms with Gasteiger partial charge in [-0.3, -0.25) is 0 Å². The van der Waals surface area contributed by atoms with Crippen LogP contribution in [0.3, 0.4) is 0 Å². The fourth-order valence-corrected chi connectivity index (χ4v) is 9.95. The first-order valence-corrected chi connectivity index (χ1v) is 21.5. The minimum atomic E-state index is 0.836. The van der Waals surface area contributed by atoms with Gasteiger partial charge < -0.3 is 13.7 Å². The molecule has 0 amide bonds. The van der Waals surface area contributed by atoms with Crippen LogP contribution in [0, 0.1) is 0 Å². The fraction of sp³-hybridized carbons (Fsp3) is 0. The highest BCUT2D eigenvalue weighted by Crippen LogP contribution is 2.49. The van der Waals surface area contributed by atoms with Crippen LogP contribution < -0.4 is 4.90 Å². The van der Waals surface area contributed by atoms with Gasteiger partial charge in [-0.25, -0.2) is 0 Å². The van der Waals surface area contributed by atoms with E-state index in [1.807, 2.05) is 12.1 Å². The van der Waals surface area contributed by atoms with Crippen LogP contribution in [0.15, 0.2) is 233 Å². The number of fused-ring (bicyclic) bond motifs is 10. The normalized spacial score (nSPS) is 11.8. The van der Waals surface area contributed by atoms with Crippen LogP contribution in [-0.2, 0) is 0 Å². The Morgan fingerprint density at radius 3 is 1.63 bits per heavy atom. The molecule has 2 aromatic heterocycles. The van der Waals surface area contributed by atoms with Crippen LogP contribution in [0.4, 0.5) is 17.1 Å². The Kier molecular flexibility index (Phi) is 7.91. The van der Waals surface area contributed by atoms with Crippen LogP contribution in [-0.4, -0.2) is 0 Å². The minimum absolute atomic E-state index is 0.836. The summed E-state index contributed by atoms with van der Waals surface area (Å²) in [5.41, 5.74) is 13.4. The van der Waals surface area contributed by atoms with Crippen molar-refractivity contribution in [3.8, 4) is 33.4 Å². The summed E-state index contributed by atoms with van der Waals surface area (Å²) in [6, 6.07) is 80.3. The Balaban J connectivity index is 1.04. The van der Waals surface area contributed by atoms with Gasteiger partial charge in [-0.1, -0.05) is 170 Å². The van der Waals surface area contributed by atoms with Crippen LogP contribution >= 0.6 is 0 Å². The molecule has 0 saturated carbocycles. The van der Waals surface area contributed by atoms with Crippen molar-refractivity contribution >= 4 is 93.3 Å². The lowest BCUT2D eigenvalue weighted by Crippen LogP contribution is -2.10. The SMILES string of the molecule is c1ccc(-c2ccc(N(c3ccc(-c4cccc5c4oc4ccccc45)cc3)c3cccc4oc5c(-c6cc7ccccc7c7ccccc67)c6ccccc6cc5c34)cc2)cc1. The number of hydrogen-bond acceptors (Lipinski definition) is 3. The summed E-state index contributed by atoms with van der Waals surface area (Å²) in [6.07, 6.45) is 0. The second-order valence-corrected chi connectivity index (χ2v) is 16.4. The van der Waals surface area contributed by atoms with E-state index in [1.165, 1.54) is 32.7 Å². The third kappa shape index (κ3) is 5.60. The molecular weight excluding hydrogens is 767 g/mol. The van der Waals surface area contributed by atoms with Crippen LogP contribution in [0.25, 0.3) is 110 Å². The first-order chi connectivity index (χ1) is 31.2. The standard InChI is InChI=1S/C60H37NO2/c1-2-14-38(15-3-1)39-28-32-43(33-29-39)61(44-34-30-40(31-35-44)47-23-12-24-51-50-22-10-11-26-55(50)62-59(47)51)54-25-13-27-56-58(54)53-37-42-17-5-7-19-46(42)57(60(53)63-56)52-36-41-16-4-6-18-45(41)48-20-8-9-21-49(48)52/h1-37H. The Labute approximate surface area is 363 Å². The van der Waals surface area contributed by atoms with Gasteiger partial charge in [0.15, 0.2) is 0 Å². The van der Waals surface area contributed by atoms with Gasteiger partial charge in [0.2, 0.25) is 0 Å². The smallest absolute Gasteiger partial charge is 0.143 e. The van der Waals surface area contributed by atoms with Gasteiger partial charge in [-0.05, 0) is 109 Å². The van der Waals surface area contributed by atoms with Crippen molar-refractivity contribution in [2.75, 3.05) is 4.90 Å². The maximum atomic E-state index is 7.15. The van der Waals surface area contributed by atoms with Gasteiger partial charge in [0.25, 0.3) is 0 Å².